The van der Waals surface area contributed by atoms with Crippen LogP contribution in [0.2, 0.25) is 0 Å². The molecule has 0 N–H and O–H groups in total. The third kappa shape index (κ3) is 4.83. The molecule has 0 amide bonds. The molecule has 30 heavy (non-hydrogen) atoms. The minimum absolute atomic E-state index is 0.262. The van der Waals surface area contributed by atoms with Crippen LogP contribution < -0.4 is 8.92 Å². The van der Waals surface area contributed by atoms with E-state index in [1.807, 2.05) is 0 Å². The van der Waals surface area contributed by atoms with Gasteiger partial charge in [-0.25, -0.2) is 0 Å². The van der Waals surface area contributed by atoms with Crippen molar-refractivity contribution < 1.29 is 9.47 Å². The molecule has 6 heteroatoms. The van der Waals surface area contributed by atoms with Gasteiger partial charge in [0.25, 0.3) is 0 Å². The summed E-state index contributed by atoms with van der Waals surface area (Å²) >= 11 is 0.635. The zero-order valence-corrected chi connectivity index (χ0v) is 21.3. The van der Waals surface area contributed by atoms with Crippen LogP contribution in [0, 0.1) is 11.8 Å². The van der Waals surface area contributed by atoms with Crippen LogP contribution in [0.1, 0.15) is 38.8 Å². The van der Waals surface area contributed by atoms with Gasteiger partial charge in [-0.2, -0.15) is 0 Å². The second-order valence-corrected chi connectivity index (χ2v) is 14.5. The average Bonchev–Trinajstić information content (AvgIpc) is 3.43. The van der Waals surface area contributed by atoms with Crippen molar-refractivity contribution in [3.63, 3.8) is 0 Å². The molecule has 2 atom stereocenters. The fourth-order valence-corrected chi connectivity index (χ4v) is 10.4. The van der Waals surface area contributed by atoms with Gasteiger partial charge in [-0.3, -0.25) is 0 Å². The topological polar surface area (TPSA) is 43.2 Å². The Morgan fingerprint density at radius 2 is 1.10 bits per heavy atom. The van der Waals surface area contributed by atoms with Gasteiger partial charge in [-0.15, -0.1) is 0 Å². The fraction of sp³-hybridized carbons (Fsp3) is 0.417. The van der Waals surface area contributed by atoms with Crippen LogP contribution in [0.4, 0.5) is 0 Å². The molecule has 0 spiro atoms. The van der Waals surface area contributed by atoms with Crippen molar-refractivity contribution in [1.82, 2.24) is 0 Å². The van der Waals surface area contributed by atoms with Crippen LogP contribution in [0.25, 0.3) is 0 Å². The predicted octanol–water partition coefficient (Wildman–Crippen LogP) is 2.56. The molecule has 0 aliphatic carbocycles. The summed E-state index contributed by atoms with van der Waals surface area (Å²) < 4.78 is 14.7. The summed E-state index contributed by atoms with van der Waals surface area (Å²) in [5.41, 5.74) is 2.32. The summed E-state index contributed by atoms with van der Waals surface area (Å²) in [6, 6.07) is 17.7. The number of ether oxygens (including phenoxy) is 2. The number of hydrogen-bond acceptors (Lipinski definition) is 4. The molecule has 0 unspecified atom stereocenters. The van der Waals surface area contributed by atoms with E-state index in [1.54, 1.807) is 0 Å². The molecule has 0 fully saturated rings. The zero-order chi connectivity index (χ0) is 21.1. The van der Waals surface area contributed by atoms with E-state index in [1.165, 1.54) is 8.92 Å². The van der Waals surface area contributed by atoms with E-state index in [2.05, 4.69) is 76.2 Å². The summed E-state index contributed by atoms with van der Waals surface area (Å²) in [5.74, 6) is 2.63. The van der Waals surface area contributed by atoms with Crippen LogP contribution in [0.3, 0.4) is 0 Å². The molecule has 158 valence electrons. The molecule has 0 aromatic heterocycles. The molecule has 2 aromatic rings. The van der Waals surface area contributed by atoms with Gasteiger partial charge in [0, 0.05) is 0 Å². The Kier molecular flexibility index (Phi) is 7.00. The van der Waals surface area contributed by atoms with Crippen LogP contribution in [0.5, 0.6) is 0 Å². The molecule has 2 aliphatic heterocycles. The van der Waals surface area contributed by atoms with Crippen molar-refractivity contribution in [3.05, 3.63) is 59.7 Å². The first-order chi connectivity index (χ1) is 14.5. The van der Waals surface area contributed by atoms with E-state index < -0.39 is 0 Å². The molecule has 0 saturated heterocycles. The Balaban J connectivity index is 1.54. The van der Waals surface area contributed by atoms with Crippen LogP contribution >= 0.6 is 0 Å². The number of benzene rings is 2. The maximum atomic E-state index is 5.97. The third-order valence-electron chi connectivity index (χ3n) is 5.34. The Hall–Kier alpha value is -1.58. The number of rotatable bonds is 7. The molecule has 4 rings (SSSR count). The first-order valence-corrected chi connectivity index (χ1v) is 16.5. The molecule has 0 bridgehead atoms. The molecule has 2 heterocycles. The summed E-state index contributed by atoms with van der Waals surface area (Å²) in [5, 5.41) is 0. The van der Waals surface area contributed by atoms with E-state index >= 15 is 0 Å². The molecule has 0 saturated carbocycles. The van der Waals surface area contributed by atoms with Gasteiger partial charge in [0.15, 0.2) is 0 Å². The standard InChI is InChI=1S/C24H28N2O2Se2/c1-15(2)19-13-27-23(25-19)17-9-5-7-11-21(17)29-30-22-12-8-6-10-18(22)24-26-20(14-28-24)16(3)4/h5-12,15-16,19-20H,13-14H2,1-4H3/t19-,20-/m1/s1. The molecule has 2 aliphatic rings. The molecular weight excluding hydrogens is 506 g/mol. The van der Waals surface area contributed by atoms with Crippen molar-refractivity contribution in [3.8, 4) is 0 Å². The fourth-order valence-electron chi connectivity index (χ4n) is 3.28. The SMILES string of the molecule is CC(C)[C@H]1COC(c2ccccc2[Se][Se]c2ccccc2C2=N[C@@H](C(C)C)CO2)=N1. The van der Waals surface area contributed by atoms with Gasteiger partial charge < -0.3 is 0 Å². The van der Waals surface area contributed by atoms with Crippen molar-refractivity contribution in [2.24, 2.45) is 21.8 Å². The van der Waals surface area contributed by atoms with Crippen LogP contribution in [-0.2, 0) is 9.47 Å². The van der Waals surface area contributed by atoms with E-state index in [9.17, 15) is 0 Å². The van der Waals surface area contributed by atoms with Crippen molar-refractivity contribution in [1.29, 1.82) is 0 Å². The average molecular weight is 534 g/mol. The van der Waals surface area contributed by atoms with Crippen molar-refractivity contribution >= 4 is 47.0 Å². The summed E-state index contributed by atoms with van der Waals surface area (Å²) in [6.07, 6.45) is 0. The predicted molar refractivity (Wildman–Crippen MR) is 126 cm³/mol. The Morgan fingerprint density at radius 3 is 1.47 bits per heavy atom. The maximum absolute atomic E-state index is 5.97. The second-order valence-electron chi connectivity index (χ2n) is 8.27. The Morgan fingerprint density at radius 1 is 0.700 bits per heavy atom. The van der Waals surface area contributed by atoms with Gasteiger partial charge in [-0.05, 0) is 0 Å². The van der Waals surface area contributed by atoms with Crippen molar-refractivity contribution in [2.45, 2.75) is 39.8 Å². The second kappa shape index (κ2) is 9.70. The Labute approximate surface area is 190 Å². The van der Waals surface area contributed by atoms with E-state index in [0.29, 0.717) is 51.3 Å². The summed E-state index contributed by atoms with van der Waals surface area (Å²) in [7, 11) is 0. The molecular formula is C24H28N2O2Se2. The van der Waals surface area contributed by atoms with Crippen molar-refractivity contribution in [2.75, 3.05) is 13.2 Å². The quantitative estimate of drug-likeness (QED) is 0.513. The van der Waals surface area contributed by atoms with Gasteiger partial charge in [-0.1, -0.05) is 0 Å². The summed E-state index contributed by atoms with van der Waals surface area (Å²) in [6.45, 7) is 10.2. The van der Waals surface area contributed by atoms with E-state index in [0.717, 1.165) is 22.9 Å². The summed E-state index contributed by atoms with van der Waals surface area (Å²) in [4.78, 5) is 9.70. The molecule has 0 radical (unpaired) electrons. The third-order valence-corrected chi connectivity index (χ3v) is 12.6. The normalized spacial score (nSPS) is 20.9. The minimum atomic E-state index is 0.262. The monoisotopic (exact) mass is 536 g/mol. The Bertz CT molecular complexity index is 878. The first kappa shape index (κ1) is 21.6. The molecule has 2 aromatic carbocycles. The van der Waals surface area contributed by atoms with Crippen LogP contribution in [0.15, 0.2) is 58.5 Å². The van der Waals surface area contributed by atoms with Crippen LogP contribution in [-0.4, -0.2) is 63.4 Å². The van der Waals surface area contributed by atoms with Gasteiger partial charge in [0.05, 0.1) is 0 Å². The van der Waals surface area contributed by atoms with Gasteiger partial charge in [0.1, 0.15) is 0 Å². The first-order valence-electron chi connectivity index (χ1n) is 10.5. The van der Waals surface area contributed by atoms with E-state index in [4.69, 9.17) is 19.5 Å². The molecule has 4 nitrogen and oxygen atoms in total. The number of hydrogen-bond donors (Lipinski definition) is 0. The zero-order valence-electron chi connectivity index (χ0n) is 17.9. The van der Waals surface area contributed by atoms with Gasteiger partial charge in [0.2, 0.25) is 0 Å². The van der Waals surface area contributed by atoms with Gasteiger partial charge >= 0.3 is 191 Å². The number of nitrogens with zero attached hydrogens (tertiary/aromatic N) is 2. The number of aliphatic imine (C=N–C) groups is 2. The van der Waals surface area contributed by atoms with E-state index in [-0.39, 0.29) is 12.1 Å².